The number of nitrogens with zero attached hydrogens (tertiary/aromatic N) is 2. The van der Waals surface area contributed by atoms with E-state index in [1.165, 1.54) is 0 Å². The van der Waals surface area contributed by atoms with Crippen molar-refractivity contribution >= 4 is 28.4 Å². The molecule has 6 nitrogen and oxygen atoms in total. The van der Waals surface area contributed by atoms with Crippen molar-refractivity contribution in [2.75, 3.05) is 13.2 Å². The van der Waals surface area contributed by atoms with E-state index >= 15 is 0 Å². The smallest absolute Gasteiger partial charge is 0.355 e. The molecule has 0 bridgehead atoms. The van der Waals surface area contributed by atoms with Crippen molar-refractivity contribution < 1.29 is 19.1 Å². The third kappa shape index (κ3) is 4.17. The summed E-state index contributed by atoms with van der Waals surface area (Å²) in [6.07, 6.45) is 0. The Hall–Kier alpha value is -3.41. The van der Waals surface area contributed by atoms with Crippen LogP contribution in [0, 0.1) is 13.8 Å². The molecule has 0 unspecified atom stereocenters. The van der Waals surface area contributed by atoms with Gasteiger partial charge in [0.1, 0.15) is 5.69 Å². The quantitative estimate of drug-likeness (QED) is 0.399. The lowest BCUT2D eigenvalue weighted by molar-refractivity contribution is 0.0513. The fourth-order valence-electron chi connectivity index (χ4n) is 4.17. The summed E-state index contributed by atoms with van der Waals surface area (Å²) in [6.45, 7) is 9.26. The summed E-state index contributed by atoms with van der Waals surface area (Å²) >= 11 is 0. The van der Waals surface area contributed by atoms with Crippen LogP contribution < -0.4 is 0 Å². The highest BCUT2D eigenvalue weighted by Gasteiger charge is 2.29. The Morgan fingerprint density at radius 2 is 1.69 bits per heavy atom. The number of hydrogen-bond donors (Lipinski definition) is 0. The van der Waals surface area contributed by atoms with Crippen molar-refractivity contribution in [2.45, 2.75) is 40.7 Å². The second-order valence-corrected chi connectivity index (χ2v) is 8.19. The lowest BCUT2D eigenvalue weighted by atomic mass is 10.0. The zero-order chi connectivity index (χ0) is 23.6. The summed E-state index contributed by atoms with van der Waals surface area (Å²) in [5, 5.41) is 1.83. The van der Waals surface area contributed by atoms with E-state index in [-0.39, 0.29) is 30.9 Å². The van der Waals surface area contributed by atoms with Crippen molar-refractivity contribution in [1.29, 1.82) is 0 Å². The maximum Gasteiger partial charge on any atom is 0.355 e. The summed E-state index contributed by atoms with van der Waals surface area (Å²) in [4.78, 5) is 40.9. The molecule has 1 amide bonds. The summed E-state index contributed by atoms with van der Waals surface area (Å²) in [5.41, 5.74) is 2.65. The summed E-state index contributed by atoms with van der Waals surface area (Å²) in [6, 6.07) is 13.1. The Labute approximate surface area is 188 Å². The van der Waals surface area contributed by atoms with Gasteiger partial charge in [0, 0.05) is 29.9 Å². The molecule has 3 rings (SSSR count). The summed E-state index contributed by atoms with van der Waals surface area (Å²) < 4.78 is 6.85. The first-order valence-electron chi connectivity index (χ1n) is 10.8. The van der Waals surface area contributed by atoms with Crippen LogP contribution in [0.2, 0.25) is 0 Å². The molecular formula is C26H30N2O4. The molecule has 0 saturated carbocycles. The summed E-state index contributed by atoms with van der Waals surface area (Å²) in [5.74, 6) is -0.849. The van der Waals surface area contributed by atoms with Gasteiger partial charge in [-0.25, -0.2) is 4.79 Å². The van der Waals surface area contributed by atoms with Crippen molar-refractivity contribution in [3.63, 3.8) is 0 Å². The lowest BCUT2D eigenvalue weighted by Gasteiger charge is -2.27. The monoisotopic (exact) mass is 434 g/mol. The molecule has 0 aliphatic rings. The molecule has 1 aromatic heterocycles. The molecule has 3 aromatic rings. The third-order valence-electron chi connectivity index (χ3n) is 5.90. The van der Waals surface area contributed by atoms with Crippen molar-refractivity contribution in [3.8, 4) is 0 Å². The van der Waals surface area contributed by atoms with Crippen LogP contribution in [-0.2, 0) is 11.8 Å². The van der Waals surface area contributed by atoms with E-state index < -0.39 is 5.97 Å². The molecular weight excluding hydrogens is 404 g/mol. The van der Waals surface area contributed by atoms with E-state index in [4.69, 9.17) is 4.74 Å². The largest absolute Gasteiger partial charge is 0.461 e. The Balaban J connectivity index is 1.97. The second kappa shape index (κ2) is 9.39. The molecule has 0 saturated heterocycles. The Morgan fingerprint density at radius 3 is 2.34 bits per heavy atom. The van der Waals surface area contributed by atoms with Crippen LogP contribution in [0.15, 0.2) is 42.5 Å². The minimum absolute atomic E-state index is 0.0757. The van der Waals surface area contributed by atoms with Crippen LogP contribution >= 0.6 is 0 Å². The first-order chi connectivity index (χ1) is 15.2. The van der Waals surface area contributed by atoms with Gasteiger partial charge in [-0.2, -0.15) is 0 Å². The number of amides is 1. The molecule has 0 radical (unpaired) electrons. The lowest BCUT2D eigenvalue weighted by Crippen LogP contribution is -2.41. The van der Waals surface area contributed by atoms with Gasteiger partial charge in [-0.05, 0) is 57.0 Å². The molecule has 1 heterocycles. The minimum atomic E-state index is -0.456. The van der Waals surface area contributed by atoms with E-state index in [9.17, 15) is 14.4 Å². The second-order valence-electron chi connectivity index (χ2n) is 8.19. The number of carbonyl (C=O) groups excluding carboxylic acids is 3. The van der Waals surface area contributed by atoms with Gasteiger partial charge >= 0.3 is 5.97 Å². The number of rotatable bonds is 7. The van der Waals surface area contributed by atoms with Gasteiger partial charge in [0.25, 0.3) is 5.91 Å². The number of ether oxygens (including phenoxy) is 1. The highest BCUT2D eigenvalue weighted by Crippen LogP contribution is 2.25. The number of ketones is 1. The van der Waals surface area contributed by atoms with Gasteiger partial charge in [-0.3, -0.25) is 9.59 Å². The Morgan fingerprint density at radius 1 is 1.03 bits per heavy atom. The highest BCUT2D eigenvalue weighted by molar-refractivity contribution is 6.10. The first-order valence-corrected chi connectivity index (χ1v) is 10.8. The topological polar surface area (TPSA) is 68.6 Å². The number of Topliss-reactive ketones (excluding diaryl/α,β-unsaturated/α-hetero) is 1. The number of benzene rings is 2. The zero-order valence-electron chi connectivity index (χ0n) is 19.6. The maximum atomic E-state index is 13.5. The normalized spacial score (nSPS) is 11.1. The molecule has 0 spiro atoms. The fourth-order valence-corrected chi connectivity index (χ4v) is 4.17. The SMILES string of the molecule is CCOC(=O)c1c(C)c(C(=O)CN(C(=O)c2cccc3ccccc23)C(C)C)c(C)n1C. The van der Waals surface area contributed by atoms with Gasteiger partial charge < -0.3 is 14.2 Å². The standard InChI is InChI=1S/C26H30N2O4/c1-7-32-26(31)24-17(4)23(18(5)27(24)6)22(29)15-28(16(2)3)25(30)21-14-10-12-19-11-8-9-13-20(19)21/h8-14,16H,7,15H2,1-6H3. The molecule has 32 heavy (non-hydrogen) atoms. The fraction of sp³-hybridized carbons (Fsp3) is 0.346. The van der Waals surface area contributed by atoms with Gasteiger partial charge in [0.15, 0.2) is 5.78 Å². The molecule has 6 heteroatoms. The highest BCUT2D eigenvalue weighted by atomic mass is 16.5. The van der Waals surface area contributed by atoms with E-state index in [1.54, 1.807) is 43.4 Å². The van der Waals surface area contributed by atoms with E-state index in [0.29, 0.717) is 28.1 Å². The molecule has 0 N–H and O–H groups in total. The molecule has 0 atom stereocenters. The average Bonchev–Trinajstić information content (AvgIpc) is 2.99. The van der Waals surface area contributed by atoms with Gasteiger partial charge in [0.05, 0.1) is 13.2 Å². The summed E-state index contributed by atoms with van der Waals surface area (Å²) in [7, 11) is 1.74. The van der Waals surface area contributed by atoms with Crippen LogP contribution in [0.5, 0.6) is 0 Å². The van der Waals surface area contributed by atoms with Crippen LogP contribution in [0.4, 0.5) is 0 Å². The predicted molar refractivity (Wildman–Crippen MR) is 125 cm³/mol. The van der Waals surface area contributed by atoms with Crippen LogP contribution in [0.1, 0.15) is 63.2 Å². The van der Waals surface area contributed by atoms with E-state index in [1.807, 2.05) is 50.2 Å². The number of carbonyl (C=O) groups is 3. The first kappa shape index (κ1) is 23.3. The average molecular weight is 435 g/mol. The molecule has 0 aliphatic heterocycles. The number of aromatic nitrogens is 1. The molecule has 168 valence electrons. The van der Waals surface area contributed by atoms with Crippen molar-refractivity contribution in [3.05, 3.63) is 70.5 Å². The van der Waals surface area contributed by atoms with Gasteiger partial charge in [0.2, 0.25) is 0 Å². The Kier molecular flexibility index (Phi) is 6.82. The number of esters is 1. The number of hydrogen-bond acceptors (Lipinski definition) is 4. The molecule has 0 aliphatic carbocycles. The van der Waals surface area contributed by atoms with Crippen molar-refractivity contribution in [2.24, 2.45) is 7.05 Å². The Bertz CT molecular complexity index is 1180. The third-order valence-corrected chi connectivity index (χ3v) is 5.90. The van der Waals surface area contributed by atoms with Crippen LogP contribution in [0.25, 0.3) is 10.8 Å². The molecule has 2 aromatic carbocycles. The van der Waals surface area contributed by atoms with Gasteiger partial charge in [-0.1, -0.05) is 36.4 Å². The molecule has 0 fully saturated rings. The number of fused-ring (bicyclic) bond motifs is 1. The zero-order valence-corrected chi connectivity index (χ0v) is 19.6. The van der Waals surface area contributed by atoms with E-state index in [2.05, 4.69) is 0 Å². The van der Waals surface area contributed by atoms with Crippen molar-refractivity contribution in [1.82, 2.24) is 9.47 Å². The maximum absolute atomic E-state index is 13.5. The minimum Gasteiger partial charge on any atom is -0.461 e. The van der Waals surface area contributed by atoms with Gasteiger partial charge in [-0.15, -0.1) is 0 Å². The van der Waals surface area contributed by atoms with Crippen LogP contribution in [-0.4, -0.2) is 46.3 Å². The van der Waals surface area contributed by atoms with E-state index in [0.717, 1.165) is 10.8 Å². The van der Waals surface area contributed by atoms with Crippen LogP contribution in [0.3, 0.4) is 0 Å². The predicted octanol–water partition coefficient (Wildman–Crippen LogP) is 4.71.